The highest BCUT2D eigenvalue weighted by Crippen LogP contribution is 2.40. The minimum atomic E-state index is -4.57. The standard InChI is InChI=1S/C19H25F3N4O3S/c1-2-25-9-3-7-18(12-25)8-4-10-26(13-18)30(27,28)17-6-5-15(29-17)14-11-16(24-23-14)19(20,21)22/h5-6,11H,2-4,7-10,12-13H2,1H3,(H,23,24). The van der Waals surface area contributed by atoms with E-state index in [4.69, 9.17) is 4.42 Å². The predicted molar refractivity (Wildman–Crippen MR) is 103 cm³/mol. The SMILES string of the molecule is CCN1CCCC2(CCCN(S(=O)(=O)c3ccc(-c4cc(C(F)(F)F)[nH]n4)o3)C2)C1. The van der Waals surface area contributed by atoms with E-state index in [0.29, 0.717) is 13.1 Å². The third-order valence-corrected chi connectivity index (χ3v) is 7.84. The van der Waals surface area contributed by atoms with E-state index in [1.54, 1.807) is 0 Å². The van der Waals surface area contributed by atoms with Crippen molar-refractivity contribution < 1.29 is 26.0 Å². The van der Waals surface area contributed by atoms with Crippen LogP contribution in [0.3, 0.4) is 0 Å². The molecule has 0 aliphatic carbocycles. The van der Waals surface area contributed by atoms with Crippen molar-refractivity contribution in [1.82, 2.24) is 19.4 Å². The Bertz CT molecular complexity index is 997. The van der Waals surface area contributed by atoms with Gasteiger partial charge in [-0.2, -0.15) is 22.6 Å². The van der Waals surface area contributed by atoms with Gasteiger partial charge in [-0.15, -0.1) is 0 Å². The second-order valence-electron chi connectivity index (χ2n) is 8.20. The van der Waals surface area contributed by atoms with Crippen molar-refractivity contribution in [2.45, 2.75) is 43.9 Å². The summed E-state index contributed by atoms with van der Waals surface area (Å²) in [6.45, 7) is 5.82. The van der Waals surface area contributed by atoms with Crippen LogP contribution in [0.15, 0.2) is 27.7 Å². The molecule has 4 heterocycles. The number of furan rings is 1. The average Bonchev–Trinajstić information content (AvgIpc) is 3.37. The van der Waals surface area contributed by atoms with Gasteiger partial charge in [-0.3, -0.25) is 5.10 Å². The Morgan fingerprint density at radius 2 is 1.93 bits per heavy atom. The number of aromatic nitrogens is 2. The van der Waals surface area contributed by atoms with Gasteiger partial charge in [0.2, 0.25) is 5.09 Å². The van der Waals surface area contributed by atoms with Gasteiger partial charge >= 0.3 is 6.18 Å². The molecule has 2 aromatic heterocycles. The fraction of sp³-hybridized carbons (Fsp3) is 0.632. The number of sulfonamides is 1. The summed E-state index contributed by atoms with van der Waals surface area (Å²) in [5, 5.41) is 5.23. The molecule has 0 bridgehead atoms. The highest BCUT2D eigenvalue weighted by atomic mass is 32.2. The molecule has 4 rings (SSSR count). The molecule has 1 spiro atoms. The molecule has 1 N–H and O–H groups in total. The van der Waals surface area contributed by atoms with E-state index in [9.17, 15) is 21.6 Å². The van der Waals surface area contributed by atoms with Crippen molar-refractivity contribution in [2.75, 3.05) is 32.7 Å². The van der Waals surface area contributed by atoms with Crippen LogP contribution in [0.5, 0.6) is 0 Å². The number of hydrogen-bond acceptors (Lipinski definition) is 5. The monoisotopic (exact) mass is 446 g/mol. The van der Waals surface area contributed by atoms with Crippen LogP contribution in [0.4, 0.5) is 13.2 Å². The summed E-state index contributed by atoms with van der Waals surface area (Å²) in [5.41, 5.74) is -1.17. The third kappa shape index (κ3) is 4.02. The molecule has 1 unspecified atom stereocenters. The zero-order valence-electron chi connectivity index (χ0n) is 16.7. The molecule has 2 aliphatic rings. The fourth-order valence-electron chi connectivity index (χ4n) is 4.60. The molecular formula is C19H25F3N4O3S. The molecule has 7 nitrogen and oxygen atoms in total. The molecule has 0 aromatic carbocycles. The number of nitrogens with one attached hydrogen (secondary N) is 1. The van der Waals surface area contributed by atoms with Crippen LogP contribution in [0.2, 0.25) is 0 Å². The van der Waals surface area contributed by atoms with E-state index < -0.39 is 21.9 Å². The van der Waals surface area contributed by atoms with Crippen LogP contribution in [-0.4, -0.2) is 60.5 Å². The van der Waals surface area contributed by atoms with Crippen LogP contribution in [0.25, 0.3) is 11.5 Å². The highest BCUT2D eigenvalue weighted by Gasteiger charge is 2.43. The smallest absolute Gasteiger partial charge is 0.432 e. The number of halogens is 3. The number of alkyl halides is 3. The van der Waals surface area contributed by atoms with E-state index in [2.05, 4.69) is 16.9 Å². The van der Waals surface area contributed by atoms with Gasteiger partial charge in [0.1, 0.15) is 11.4 Å². The summed E-state index contributed by atoms with van der Waals surface area (Å²) in [6.07, 6.45) is -0.758. The lowest BCUT2D eigenvalue weighted by Gasteiger charge is -2.47. The van der Waals surface area contributed by atoms with Crippen molar-refractivity contribution in [3.05, 3.63) is 23.9 Å². The first kappa shape index (κ1) is 21.4. The lowest BCUT2D eigenvalue weighted by Crippen LogP contribution is -2.53. The minimum absolute atomic E-state index is 0.0260. The third-order valence-electron chi connectivity index (χ3n) is 6.13. The van der Waals surface area contributed by atoms with Gasteiger partial charge in [-0.05, 0) is 62.4 Å². The summed E-state index contributed by atoms with van der Waals surface area (Å²) in [5.74, 6) is -0.0260. The number of H-pyrrole nitrogens is 1. The van der Waals surface area contributed by atoms with Gasteiger partial charge in [-0.25, -0.2) is 8.42 Å². The zero-order valence-corrected chi connectivity index (χ0v) is 17.5. The largest absolute Gasteiger partial charge is 0.442 e. The summed E-state index contributed by atoms with van der Waals surface area (Å²) in [7, 11) is -3.88. The van der Waals surface area contributed by atoms with Crippen molar-refractivity contribution in [3.8, 4) is 11.5 Å². The number of hydrogen-bond donors (Lipinski definition) is 1. The molecule has 2 fully saturated rings. The molecule has 1 atom stereocenters. The molecule has 11 heteroatoms. The van der Waals surface area contributed by atoms with E-state index in [1.165, 1.54) is 16.4 Å². The van der Waals surface area contributed by atoms with Crippen molar-refractivity contribution in [3.63, 3.8) is 0 Å². The Morgan fingerprint density at radius 3 is 2.60 bits per heavy atom. The molecule has 2 saturated heterocycles. The number of nitrogens with zero attached hydrogens (tertiary/aromatic N) is 3. The maximum atomic E-state index is 13.2. The van der Waals surface area contributed by atoms with Gasteiger partial charge in [-0.1, -0.05) is 6.92 Å². The van der Waals surface area contributed by atoms with Crippen LogP contribution in [0, 0.1) is 5.41 Å². The molecule has 0 radical (unpaired) electrons. The van der Waals surface area contributed by atoms with E-state index in [-0.39, 0.29) is 22.0 Å². The Balaban J connectivity index is 1.55. The first-order chi connectivity index (χ1) is 14.1. The van der Waals surface area contributed by atoms with Crippen molar-refractivity contribution in [1.29, 1.82) is 0 Å². The van der Waals surface area contributed by atoms with E-state index in [1.807, 2.05) is 5.10 Å². The number of likely N-dealkylation sites (tertiary alicyclic amines) is 1. The molecule has 30 heavy (non-hydrogen) atoms. The molecular weight excluding hydrogens is 421 g/mol. The molecule has 0 amide bonds. The van der Waals surface area contributed by atoms with Gasteiger partial charge < -0.3 is 9.32 Å². The molecule has 2 aromatic rings. The molecule has 0 saturated carbocycles. The minimum Gasteiger partial charge on any atom is -0.442 e. The van der Waals surface area contributed by atoms with E-state index >= 15 is 0 Å². The molecule has 2 aliphatic heterocycles. The summed E-state index contributed by atoms with van der Waals surface area (Å²) in [6, 6.07) is 3.42. The summed E-state index contributed by atoms with van der Waals surface area (Å²) < 4.78 is 71.6. The first-order valence-electron chi connectivity index (χ1n) is 10.1. The van der Waals surface area contributed by atoms with E-state index in [0.717, 1.165) is 51.4 Å². The Morgan fingerprint density at radius 1 is 1.20 bits per heavy atom. The predicted octanol–water partition coefficient (Wildman–Crippen LogP) is 3.58. The summed E-state index contributed by atoms with van der Waals surface area (Å²) >= 11 is 0. The van der Waals surface area contributed by atoms with Crippen LogP contribution < -0.4 is 0 Å². The normalized spacial score (nSPS) is 24.5. The average molecular weight is 446 g/mol. The quantitative estimate of drug-likeness (QED) is 0.777. The van der Waals surface area contributed by atoms with Crippen LogP contribution in [0.1, 0.15) is 38.3 Å². The van der Waals surface area contributed by atoms with Gasteiger partial charge in [0.25, 0.3) is 10.0 Å². The van der Waals surface area contributed by atoms with Crippen LogP contribution >= 0.6 is 0 Å². The van der Waals surface area contributed by atoms with Crippen molar-refractivity contribution >= 4 is 10.0 Å². The Kier molecular flexibility index (Phi) is 5.48. The summed E-state index contributed by atoms with van der Waals surface area (Å²) in [4.78, 5) is 2.36. The van der Waals surface area contributed by atoms with Gasteiger partial charge in [0.05, 0.1) is 0 Å². The van der Waals surface area contributed by atoms with Crippen LogP contribution in [-0.2, 0) is 16.2 Å². The maximum absolute atomic E-state index is 13.2. The number of aromatic amines is 1. The highest BCUT2D eigenvalue weighted by molar-refractivity contribution is 7.89. The second-order valence-corrected chi connectivity index (χ2v) is 10.1. The fourth-order valence-corrected chi connectivity index (χ4v) is 6.10. The lowest BCUT2D eigenvalue weighted by molar-refractivity contribution is -0.141. The second kappa shape index (κ2) is 7.69. The van der Waals surface area contributed by atoms with Crippen molar-refractivity contribution in [2.24, 2.45) is 5.41 Å². The first-order valence-corrected chi connectivity index (χ1v) is 11.5. The topological polar surface area (TPSA) is 82.4 Å². The Hall–Kier alpha value is -1.85. The molecule has 166 valence electrons. The van der Waals surface area contributed by atoms with Gasteiger partial charge in [0.15, 0.2) is 5.76 Å². The van der Waals surface area contributed by atoms with Gasteiger partial charge in [0, 0.05) is 19.6 Å². The maximum Gasteiger partial charge on any atom is 0.432 e. The number of piperidine rings is 2. The zero-order chi connectivity index (χ0) is 21.6. The Labute approximate surface area is 173 Å². The number of rotatable bonds is 4. The lowest BCUT2D eigenvalue weighted by atomic mass is 9.74.